The first-order chi connectivity index (χ1) is 8.25. The third-order valence-corrected chi connectivity index (χ3v) is 3.13. The van der Waals surface area contributed by atoms with Crippen LogP contribution in [0.5, 0.6) is 0 Å². The monoisotopic (exact) mass is 253 g/mol. The molecule has 0 saturated carbocycles. The van der Waals surface area contributed by atoms with E-state index in [0.29, 0.717) is 23.2 Å². The van der Waals surface area contributed by atoms with Gasteiger partial charge in [0.25, 0.3) is 5.91 Å². The molecule has 92 valence electrons. The Kier molecular flexibility index (Phi) is 4.40. The number of nitrogens with one attached hydrogen (secondary N) is 1. The Morgan fingerprint density at radius 2 is 2.18 bits per heavy atom. The van der Waals surface area contributed by atoms with Crippen molar-refractivity contribution >= 4 is 17.5 Å². The fourth-order valence-electron chi connectivity index (χ4n) is 1.92. The van der Waals surface area contributed by atoms with Crippen molar-refractivity contribution in [2.75, 3.05) is 13.2 Å². The molecule has 1 aliphatic heterocycles. The lowest BCUT2D eigenvalue weighted by molar-refractivity contribution is 0.0907. The molecule has 1 fully saturated rings. The van der Waals surface area contributed by atoms with Crippen LogP contribution in [0.4, 0.5) is 0 Å². The molecule has 1 aromatic carbocycles. The van der Waals surface area contributed by atoms with Gasteiger partial charge in [0, 0.05) is 23.7 Å². The van der Waals surface area contributed by atoms with Gasteiger partial charge in [-0.15, -0.1) is 0 Å². The summed E-state index contributed by atoms with van der Waals surface area (Å²) in [5.74, 6) is -0.0559. The summed E-state index contributed by atoms with van der Waals surface area (Å²) < 4.78 is 5.49. The van der Waals surface area contributed by atoms with Crippen molar-refractivity contribution < 1.29 is 9.53 Å². The first-order valence-electron chi connectivity index (χ1n) is 5.91. The van der Waals surface area contributed by atoms with E-state index in [9.17, 15) is 4.79 Å². The second kappa shape index (κ2) is 6.03. The van der Waals surface area contributed by atoms with E-state index in [1.807, 2.05) is 0 Å². The van der Waals surface area contributed by atoms with Crippen LogP contribution in [0.2, 0.25) is 5.02 Å². The Morgan fingerprint density at radius 1 is 1.41 bits per heavy atom. The predicted octanol–water partition coefficient (Wildman–Crippen LogP) is 2.64. The number of benzene rings is 1. The van der Waals surface area contributed by atoms with Crippen molar-refractivity contribution in [2.24, 2.45) is 0 Å². The zero-order valence-electron chi connectivity index (χ0n) is 9.62. The number of hydrogen-bond donors (Lipinski definition) is 1. The van der Waals surface area contributed by atoms with Gasteiger partial charge in [-0.2, -0.15) is 0 Å². The molecule has 1 N–H and O–H groups in total. The lowest BCUT2D eigenvalue weighted by atomic mass is 10.1. The minimum Gasteiger partial charge on any atom is -0.378 e. The maximum Gasteiger partial charge on any atom is 0.251 e. The fraction of sp³-hybridized carbons (Fsp3) is 0.462. The lowest BCUT2D eigenvalue weighted by Crippen LogP contribution is -2.26. The minimum atomic E-state index is -0.0559. The molecule has 1 atom stereocenters. The summed E-state index contributed by atoms with van der Waals surface area (Å²) >= 11 is 5.76. The molecular formula is C13H16ClNO2. The molecule has 0 radical (unpaired) electrons. The number of carbonyl (C=O) groups excluding carboxylic acids is 1. The van der Waals surface area contributed by atoms with E-state index < -0.39 is 0 Å². The van der Waals surface area contributed by atoms with Crippen LogP contribution in [0.1, 0.15) is 29.6 Å². The molecule has 0 bridgehead atoms. The number of carbonyl (C=O) groups is 1. The molecule has 17 heavy (non-hydrogen) atoms. The van der Waals surface area contributed by atoms with E-state index in [2.05, 4.69) is 5.32 Å². The summed E-state index contributed by atoms with van der Waals surface area (Å²) in [6.45, 7) is 1.52. The van der Waals surface area contributed by atoms with Crippen molar-refractivity contribution in [1.29, 1.82) is 0 Å². The van der Waals surface area contributed by atoms with E-state index >= 15 is 0 Å². The molecule has 3 nitrogen and oxygen atoms in total. The minimum absolute atomic E-state index is 0.0559. The molecule has 0 aromatic heterocycles. The summed E-state index contributed by atoms with van der Waals surface area (Å²) in [4.78, 5) is 11.7. The van der Waals surface area contributed by atoms with Gasteiger partial charge in [-0.1, -0.05) is 11.6 Å². The first-order valence-corrected chi connectivity index (χ1v) is 6.29. The van der Waals surface area contributed by atoms with Gasteiger partial charge in [-0.05, 0) is 43.5 Å². The number of amides is 1. The molecule has 1 saturated heterocycles. The smallest absolute Gasteiger partial charge is 0.251 e. The summed E-state index contributed by atoms with van der Waals surface area (Å²) in [6.07, 6.45) is 3.45. The van der Waals surface area contributed by atoms with E-state index in [1.54, 1.807) is 24.3 Å². The highest BCUT2D eigenvalue weighted by molar-refractivity contribution is 6.30. The maximum atomic E-state index is 11.7. The van der Waals surface area contributed by atoms with Crippen molar-refractivity contribution in [3.05, 3.63) is 34.9 Å². The topological polar surface area (TPSA) is 38.3 Å². The molecule has 1 aliphatic rings. The largest absolute Gasteiger partial charge is 0.378 e. The van der Waals surface area contributed by atoms with Crippen LogP contribution >= 0.6 is 11.6 Å². The van der Waals surface area contributed by atoms with Crippen molar-refractivity contribution in [2.45, 2.75) is 25.4 Å². The summed E-state index contributed by atoms with van der Waals surface area (Å²) in [5, 5.41) is 3.52. The van der Waals surface area contributed by atoms with Gasteiger partial charge in [-0.3, -0.25) is 4.79 Å². The molecule has 0 aliphatic carbocycles. The van der Waals surface area contributed by atoms with E-state index in [0.717, 1.165) is 25.9 Å². The van der Waals surface area contributed by atoms with Crippen molar-refractivity contribution in [3.63, 3.8) is 0 Å². The van der Waals surface area contributed by atoms with E-state index in [4.69, 9.17) is 16.3 Å². The number of hydrogen-bond acceptors (Lipinski definition) is 2. The van der Waals surface area contributed by atoms with Gasteiger partial charge in [0.2, 0.25) is 0 Å². The van der Waals surface area contributed by atoms with Gasteiger partial charge < -0.3 is 10.1 Å². The van der Waals surface area contributed by atoms with Gasteiger partial charge >= 0.3 is 0 Å². The summed E-state index contributed by atoms with van der Waals surface area (Å²) in [5.41, 5.74) is 0.641. The standard InChI is InChI=1S/C13H16ClNO2/c14-11-5-3-10(4-6-11)13(16)15-8-7-12-2-1-9-17-12/h3-6,12H,1-2,7-9H2,(H,15,16). The number of rotatable bonds is 4. The zero-order chi connectivity index (χ0) is 12.1. The highest BCUT2D eigenvalue weighted by Gasteiger charge is 2.15. The average Bonchev–Trinajstić information content (AvgIpc) is 2.83. The molecule has 0 spiro atoms. The Hall–Kier alpha value is -1.06. The van der Waals surface area contributed by atoms with Gasteiger partial charge in [0.1, 0.15) is 0 Å². The second-order valence-corrected chi connectivity index (χ2v) is 4.62. The fourth-order valence-corrected chi connectivity index (χ4v) is 2.05. The third-order valence-electron chi connectivity index (χ3n) is 2.88. The highest BCUT2D eigenvalue weighted by atomic mass is 35.5. The number of ether oxygens (including phenoxy) is 1. The molecule has 1 unspecified atom stereocenters. The van der Waals surface area contributed by atoms with Crippen LogP contribution in [0.25, 0.3) is 0 Å². The highest BCUT2D eigenvalue weighted by Crippen LogP contribution is 2.14. The second-order valence-electron chi connectivity index (χ2n) is 4.19. The predicted molar refractivity (Wildman–Crippen MR) is 67.4 cm³/mol. The molecular weight excluding hydrogens is 238 g/mol. The van der Waals surface area contributed by atoms with Crippen LogP contribution in [0.15, 0.2) is 24.3 Å². The Morgan fingerprint density at radius 3 is 2.82 bits per heavy atom. The summed E-state index contributed by atoms with van der Waals surface area (Å²) in [6, 6.07) is 6.89. The molecule has 1 heterocycles. The Labute approximate surface area is 106 Å². The van der Waals surface area contributed by atoms with Crippen molar-refractivity contribution in [1.82, 2.24) is 5.32 Å². The lowest BCUT2D eigenvalue weighted by Gasteiger charge is -2.10. The Balaban J connectivity index is 1.75. The van der Waals surface area contributed by atoms with E-state index in [1.165, 1.54) is 0 Å². The zero-order valence-corrected chi connectivity index (χ0v) is 10.4. The van der Waals surface area contributed by atoms with Crippen LogP contribution < -0.4 is 5.32 Å². The van der Waals surface area contributed by atoms with Gasteiger partial charge in [0.05, 0.1) is 6.10 Å². The molecule has 1 aromatic rings. The van der Waals surface area contributed by atoms with Crippen LogP contribution in [0, 0.1) is 0 Å². The number of halogens is 1. The summed E-state index contributed by atoms with van der Waals surface area (Å²) in [7, 11) is 0. The quantitative estimate of drug-likeness (QED) is 0.896. The van der Waals surface area contributed by atoms with Crippen molar-refractivity contribution in [3.8, 4) is 0 Å². The average molecular weight is 254 g/mol. The van der Waals surface area contributed by atoms with Crippen LogP contribution in [0.3, 0.4) is 0 Å². The van der Waals surface area contributed by atoms with Gasteiger partial charge in [0.15, 0.2) is 0 Å². The normalized spacial score (nSPS) is 19.2. The Bertz CT molecular complexity index is 372. The SMILES string of the molecule is O=C(NCCC1CCCO1)c1ccc(Cl)cc1. The van der Waals surface area contributed by atoms with E-state index in [-0.39, 0.29) is 5.91 Å². The molecule has 1 amide bonds. The molecule has 4 heteroatoms. The van der Waals surface area contributed by atoms with Crippen LogP contribution in [-0.2, 0) is 4.74 Å². The van der Waals surface area contributed by atoms with Crippen LogP contribution in [-0.4, -0.2) is 25.2 Å². The maximum absolute atomic E-state index is 11.7. The third kappa shape index (κ3) is 3.72. The van der Waals surface area contributed by atoms with Gasteiger partial charge in [-0.25, -0.2) is 0 Å². The molecule has 2 rings (SSSR count). The first kappa shape index (κ1) is 12.4.